The molecule has 7 heteroatoms. The van der Waals surface area contributed by atoms with Gasteiger partial charge in [-0.2, -0.15) is 0 Å². The van der Waals surface area contributed by atoms with Gasteiger partial charge in [0.15, 0.2) is 0 Å². The number of rotatable bonds is 5. The largest absolute Gasteiger partial charge is 0.616 e. The zero-order valence-corrected chi connectivity index (χ0v) is 15.6. The SMILES string of the molecule is CCN(C(=O)OC(C)(C)C)N(C)c1ccc(N)cc1C[S+](C)[O-]. The molecule has 0 heterocycles. The molecule has 0 saturated heterocycles. The molecule has 1 rings (SSSR count). The number of carbonyl (C=O) groups is 1. The summed E-state index contributed by atoms with van der Waals surface area (Å²) in [5.41, 5.74) is 7.47. The van der Waals surface area contributed by atoms with Gasteiger partial charge in [0, 0.05) is 24.8 Å². The molecule has 0 aliphatic heterocycles. The maximum Gasteiger partial charge on any atom is 0.429 e. The molecule has 0 bridgehead atoms. The Labute approximate surface area is 141 Å². The highest BCUT2D eigenvalue weighted by molar-refractivity contribution is 7.89. The van der Waals surface area contributed by atoms with Gasteiger partial charge in [0.05, 0.1) is 11.9 Å². The fraction of sp³-hybridized carbons (Fsp3) is 0.562. The lowest BCUT2D eigenvalue weighted by atomic mass is 10.1. The Morgan fingerprint density at radius 2 is 2.00 bits per heavy atom. The summed E-state index contributed by atoms with van der Waals surface area (Å²) in [6.45, 7) is 7.80. The van der Waals surface area contributed by atoms with E-state index in [-0.39, 0.29) is 0 Å². The summed E-state index contributed by atoms with van der Waals surface area (Å²) in [4.78, 5) is 12.4. The quantitative estimate of drug-likeness (QED) is 0.506. The van der Waals surface area contributed by atoms with Crippen molar-refractivity contribution in [3.8, 4) is 0 Å². The highest BCUT2D eigenvalue weighted by Crippen LogP contribution is 2.26. The third-order valence-electron chi connectivity index (χ3n) is 3.08. The molecule has 0 saturated carbocycles. The van der Waals surface area contributed by atoms with Crippen molar-refractivity contribution in [2.45, 2.75) is 39.0 Å². The van der Waals surface area contributed by atoms with Crippen molar-refractivity contribution in [1.29, 1.82) is 0 Å². The third kappa shape index (κ3) is 5.84. The molecule has 0 aliphatic rings. The first kappa shape index (κ1) is 19.4. The minimum atomic E-state index is -1.01. The van der Waals surface area contributed by atoms with E-state index in [1.165, 1.54) is 5.01 Å². The van der Waals surface area contributed by atoms with Crippen molar-refractivity contribution in [2.24, 2.45) is 0 Å². The molecule has 0 aliphatic carbocycles. The van der Waals surface area contributed by atoms with E-state index in [1.807, 2.05) is 33.8 Å². The van der Waals surface area contributed by atoms with Gasteiger partial charge < -0.3 is 15.0 Å². The van der Waals surface area contributed by atoms with E-state index in [9.17, 15) is 9.35 Å². The summed E-state index contributed by atoms with van der Waals surface area (Å²) < 4.78 is 17.0. The minimum absolute atomic E-state index is 0.372. The number of carbonyl (C=O) groups excluding carboxylic acids is 1. The topological polar surface area (TPSA) is 81.9 Å². The Balaban J connectivity index is 3.10. The van der Waals surface area contributed by atoms with Gasteiger partial charge in [0.1, 0.15) is 11.4 Å². The van der Waals surface area contributed by atoms with Crippen LogP contribution >= 0.6 is 0 Å². The van der Waals surface area contributed by atoms with Gasteiger partial charge in [0.2, 0.25) is 0 Å². The maximum atomic E-state index is 12.4. The summed E-state index contributed by atoms with van der Waals surface area (Å²) >= 11 is -1.01. The molecule has 6 nitrogen and oxygen atoms in total. The Kier molecular flexibility index (Phi) is 6.58. The second-order valence-corrected chi connectivity index (χ2v) is 7.76. The van der Waals surface area contributed by atoms with E-state index in [0.717, 1.165) is 11.3 Å². The number of nitrogens with two attached hydrogens (primary N) is 1. The number of amides is 1. The van der Waals surface area contributed by atoms with E-state index in [0.29, 0.717) is 18.0 Å². The van der Waals surface area contributed by atoms with Gasteiger partial charge in [-0.1, -0.05) is 11.2 Å². The van der Waals surface area contributed by atoms with E-state index < -0.39 is 22.9 Å². The van der Waals surface area contributed by atoms with Crippen LogP contribution in [0.15, 0.2) is 18.2 Å². The van der Waals surface area contributed by atoms with Crippen LogP contribution in [0.4, 0.5) is 16.2 Å². The number of nitrogen functional groups attached to an aromatic ring is 1. The average Bonchev–Trinajstić information content (AvgIpc) is 2.36. The van der Waals surface area contributed by atoms with Crippen LogP contribution in [0.1, 0.15) is 33.3 Å². The monoisotopic (exact) mass is 341 g/mol. The van der Waals surface area contributed by atoms with Crippen LogP contribution in [0.3, 0.4) is 0 Å². The summed E-state index contributed by atoms with van der Waals surface area (Å²) in [6.07, 6.45) is 1.21. The predicted molar refractivity (Wildman–Crippen MR) is 95.6 cm³/mol. The lowest BCUT2D eigenvalue weighted by Gasteiger charge is -2.35. The fourth-order valence-electron chi connectivity index (χ4n) is 2.16. The highest BCUT2D eigenvalue weighted by Gasteiger charge is 2.25. The minimum Gasteiger partial charge on any atom is -0.616 e. The van der Waals surface area contributed by atoms with Crippen molar-refractivity contribution in [1.82, 2.24) is 5.01 Å². The Bertz CT molecular complexity index is 544. The molecule has 1 aromatic rings. The van der Waals surface area contributed by atoms with E-state index in [4.69, 9.17) is 10.5 Å². The molecule has 130 valence electrons. The number of hydrazine groups is 1. The number of ether oxygens (including phenoxy) is 1. The molecule has 0 radical (unpaired) electrons. The molecule has 0 fully saturated rings. The van der Waals surface area contributed by atoms with Gasteiger partial charge in [0.25, 0.3) is 0 Å². The zero-order valence-electron chi connectivity index (χ0n) is 14.8. The van der Waals surface area contributed by atoms with Gasteiger partial charge in [-0.15, -0.1) is 0 Å². The highest BCUT2D eigenvalue weighted by atomic mass is 32.2. The molecule has 1 atom stereocenters. The van der Waals surface area contributed by atoms with Crippen molar-refractivity contribution in [3.05, 3.63) is 23.8 Å². The van der Waals surface area contributed by atoms with E-state index in [1.54, 1.807) is 30.4 Å². The van der Waals surface area contributed by atoms with Crippen molar-refractivity contribution in [2.75, 3.05) is 30.6 Å². The standard InChI is InChI=1S/C16H27N3O3S/c1-7-19(15(20)22-16(2,3)4)18(5)14-9-8-13(17)10-12(14)11-23(6)21/h8-10H,7,11,17H2,1-6H3. The van der Waals surface area contributed by atoms with E-state index in [2.05, 4.69) is 0 Å². The summed E-state index contributed by atoms with van der Waals surface area (Å²) in [5, 5.41) is 3.22. The normalized spacial score (nSPS) is 12.7. The number of anilines is 2. The molecule has 1 unspecified atom stereocenters. The molecule has 1 amide bonds. The number of nitrogens with zero attached hydrogens (tertiary/aromatic N) is 2. The average molecular weight is 341 g/mol. The van der Waals surface area contributed by atoms with Crippen molar-refractivity contribution in [3.63, 3.8) is 0 Å². The Morgan fingerprint density at radius 3 is 2.48 bits per heavy atom. The second kappa shape index (κ2) is 7.79. The Hall–Kier alpha value is -1.60. The molecule has 0 aromatic heterocycles. The Morgan fingerprint density at radius 1 is 1.39 bits per heavy atom. The van der Waals surface area contributed by atoms with Crippen molar-refractivity contribution >= 4 is 28.6 Å². The van der Waals surface area contributed by atoms with Gasteiger partial charge in [-0.05, 0) is 45.9 Å². The van der Waals surface area contributed by atoms with Crippen LogP contribution in [0, 0.1) is 0 Å². The molecule has 0 spiro atoms. The predicted octanol–water partition coefficient (Wildman–Crippen LogP) is 2.76. The lowest BCUT2D eigenvalue weighted by molar-refractivity contribution is 0.0247. The van der Waals surface area contributed by atoms with Gasteiger partial charge in [-0.25, -0.2) is 9.80 Å². The molecular formula is C16H27N3O3S. The van der Waals surface area contributed by atoms with Gasteiger partial charge in [-0.3, -0.25) is 5.01 Å². The van der Waals surface area contributed by atoms with Crippen LogP contribution in [0.2, 0.25) is 0 Å². The summed E-state index contributed by atoms with van der Waals surface area (Å²) in [6, 6.07) is 5.37. The third-order valence-corrected chi connectivity index (χ3v) is 3.79. The second-order valence-electron chi connectivity index (χ2n) is 6.33. The summed E-state index contributed by atoms with van der Waals surface area (Å²) in [7, 11) is 1.78. The first-order chi connectivity index (χ1) is 10.5. The van der Waals surface area contributed by atoms with Gasteiger partial charge >= 0.3 is 6.09 Å². The first-order valence-corrected chi connectivity index (χ1v) is 9.20. The number of benzene rings is 1. The molecular weight excluding hydrogens is 314 g/mol. The number of hydrogen-bond acceptors (Lipinski definition) is 5. The fourth-order valence-corrected chi connectivity index (χ4v) is 2.83. The van der Waals surface area contributed by atoms with Crippen LogP contribution < -0.4 is 10.7 Å². The lowest BCUT2D eigenvalue weighted by Crippen LogP contribution is -2.47. The molecule has 2 N–H and O–H groups in total. The number of hydrogen-bond donors (Lipinski definition) is 1. The van der Waals surface area contributed by atoms with Crippen LogP contribution in [-0.2, 0) is 21.7 Å². The van der Waals surface area contributed by atoms with Crippen LogP contribution in [0.5, 0.6) is 0 Å². The van der Waals surface area contributed by atoms with E-state index >= 15 is 0 Å². The molecule has 1 aromatic carbocycles. The van der Waals surface area contributed by atoms with Crippen molar-refractivity contribution < 1.29 is 14.1 Å². The van der Waals surface area contributed by atoms with Crippen LogP contribution in [0.25, 0.3) is 0 Å². The molecule has 23 heavy (non-hydrogen) atoms. The smallest absolute Gasteiger partial charge is 0.429 e. The zero-order chi connectivity index (χ0) is 17.8. The van der Waals surface area contributed by atoms with Crippen LogP contribution in [-0.4, -0.2) is 41.1 Å². The first-order valence-electron chi connectivity index (χ1n) is 7.47. The maximum absolute atomic E-state index is 12.4. The summed E-state index contributed by atoms with van der Waals surface area (Å²) in [5.74, 6) is 0.372.